The fraction of sp³-hybridized carbons (Fsp3) is 0.333. The van der Waals surface area contributed by atoms with Gasteiger partial charge in [-0.15, -0.1) is 0 Å². The monoisotopic (exact) mass is 468 g/mol. The maximum Gasteiger partial charge on any atom is 0.404 e. The number of aromatic nitrogens is 4. The Morgan fingerprint density at radius 2 is 2.18 bits per heavy atom. The summed E-state index contributed by atoms with van der Waals surface area (Å²) in [7, 11) is 0. The van der Waals surface area contributed by atoms with E-state index in [-0.39, 0.29) is 41.8 Å². The van der Waals surface area contributed by atoms with E-state index in [9.17, 15) is 14.9 Å². The Morgan fingerprint density at radius 3 is 2.88 bits per heavy atom. The molecule has 1 saturated carbocycles. The van der Waals surface area contributed by atoms with Crippen LogP contribution in [0.4, 0.5) is 16.4 Å². The summed E-state index contributed by atoms with van der Waals surface area (Å²) in [4.78, 5) is 37.0. The fourth-order valence-electron chi connectivity index (χ4n) is 3.72. The molecule has 12 heteroatoms. The van der Waals surface area contributed by atoms with Crippen LogP contribution in [0.1, 0.15) is 36.7 Å². The van der Waals surface area contributed by atoms with Gasteiger partial charge in [-0.1, -0.05) is 17.7 Å². The van der Waals surface area contributed by atoms with Crippen molar-refractivity contribution in [1.29, 1.82) is 5.26 Å². The van der Waals surface area contributed by atoms with E-state index in [1.165, 1.54) is 10.9 Å². The molecule has 2 heterocycles. The molecule has 1 amide bonds. The molecule has 0 spiro atoms. The van der Waals surface area contributed by atoms with Gasteiger partial charge in [-0.05, 0) is 37.3 Å². The third-order valence-electron chi connectivity index (χ3n) is 5.45. The smallest absolute Gasteiger partial charge is 0.404 e. The number of nitrogens with one attached hydrogen (secondary N) is 2. The first-order valence-corrected chi connectivity index (χ1v) is 10.7. The van der Waals surface area contributed by atoms with E-state index in [0.29, 0.717) is 28.2 Å². The van der Waals surface area contributed by atoms with E-state index in [4.69, 9.17) is 27.4 Å². The molecule has 11 nitrogen and oxygen atoms in total. The largest absolute Gasteiger partial charge is 0.465 e. The summed E-state index contributed by atoms with van der Waals surface area (Å²) in [6.45, 7) is 0.398. The minimum absolute atomic E-state index is 0.0555. The number of hydrogen-bond acceptors (Lipinski definition) is 8. The zero-order valence-corrected chi connectivity index (χ0v) is 18.2. The van der Waals surface area contributed by atoms with Crippen molar-refractivity contribution in [2.24, 2.45) is 5.92 Å². The molecule has 170 valence electrons. The van der Waals surface area contributed by atoms with Crippen LogP contribution in [0, 0.1) is 17.2 Å². The van der Waals surface area contributed by atoms with Gasteiger partial charge in [0.15, 0.2) is 0 Å². The predicted molar refractivity (Wildman–Crippen MR) is 122 cm³/mol. The lowest BCUT2D eigenvalue weighted by atomic mass is 10.1. The van der Waals surface area contributed by atoms with Crippen LogP contribution in [0.25, 0.3) is 10.9 Å². The van der Waals surface area contributed by atoms with Gasteiger partial charge >= 0.3 is 6.09 Å². The second-order valence-corrected chi connectivity index (χ2v) is 8.11. The summed E-state index contributed by atoms with van der Waals surface area (Å²) in [6.07, 6.45) is 2.32. The molecule has 0 aliphatic heterocycles. The van der Waals surface area contributed by atoms with E-state index in [1.807, 2.05) is 6.07 Å². The molecule has 2 aromatic heterocycles. The van der Waals surface area contributed by atoms with E-state index in [2.05, 4.69) is 20.6 Å². The van der Waals surface area contributed by atoms with Crippen LogP contribution < -0.4 is 21.9 Å². The zero-order chi connectivity index (χ0) is 23.5. The van der Waals surface area contributed by atoms with Crippen molar-refractivity contribution >= 4 is 40.2 Å². The van der Waals surface area contributed by atoms with Crippen molar-refractivity contribution in [3.63, 3.8) is 0 Å². The maximum absolute atomic E-state index is 13.5. The fourth-order valence-corrected chi connectivity index (χ4v) is 3.97. The molecular weight excluding hydrogens is 448 g/mol. The van der Waals surface area contributed by atoms with Crippen LogP contribution in [-0.2, 0) is 6.54 Å². The number of carbonyl (C=O) groups is 1. The normalized spacial score (nSPS) is 13.9. The number of amides is 1. The Labute approximate surface area is 193 Å². The first-order chi connectivity index (χ1) is 15.9. The highest BCUT2D eigenvalue weighted by atomic mass is 35.5. The van der Waals surface area contributed by atoms with Gasteiger partial charge in [0.25, 0.3) is 5.56 Å². The molecule has 33 heavy (non-hydrogen) atoms. The number of carboxylic acid groups (broad SMARTS) is 1. The van der Waals surface area contributed by atoms with Crippen LogP contribution >= 0.6 is 11.6 Å². The van der Waals surface area contributed by atoms with Gasteiger partial charge in [0.05, 0.1) is 22.0 Å². The lowest BCUT2D eigenvalue weighted by Crippen LogP contribution is -2.32. The van der Waals surface area contributed by atoms with Gasteiger partial charge < -0.3 is 21.5 Å². The molecule has 1 aromatic carbocycles. The number of nitrogen functional groups attached to an aromatic ring is 1. The van der Waals surface area contributed by atoms with Crippen LogP contribution in [0.15, 0.2) is 29.3 Å². The molecule has 1 aliphatic carbocycles. The molecule has 4 rings (SSSR count). The van der Waals surface area contributed by atoms with Gasteiger partial charge in [0.2, 0.25) is 0 Å². The summed E-state index contributed by atoms with van der Waals surface area (Å²) in [5.41, 5.74) is 6.09. The average molecular weight is 469 g/mol. The molecular formula is C21H21ClN8O3. The van der Waals surface area contributed by atoms with Gasteiger partial charge in [0, 0.05) is 13.1 Å². The third-order valence-corrected chi connectivity index (χ3v) is 5.76. The number of halogens is 1. The Kier molecular flexibility index (Phi) is 6.28. The van der Waals surface area contributed by atoms with Crippen LogP contribution in [0.3, 0.4) is 0 Å². The molecule has 5 N–H and O–H groups in total. The van der Waals surface area contributed by atoms with E-state index >= 15 is 0 Å². The standard InChI is InChI=1S/C21H21ClN8O3/c22-13-3-1-4-14-15(13)20(31)30(8-2-7-25-21(32)33)19(28-14)16(11-5-6-11)29-18-12(9-23)17(24)26-10-27-18/h1,3-4,10-11,16,25H,2,5-8H2,(H,32,33)(H3,24,26,27,29). The minimum Gasteiger partial charge on any atom is -0.465 e. The summed E-state index contributed by atoms with van der Waals surface area (Å²) >= 11 is 6.30. The number of anilines is 2. The first kappa shape index (κ1) is 22.3. The molecule has 0 bridgehead atoms. The number of rotatable bonds is 8. The SMILES string of the molecule is N#Cc1c(N)ncnc1NC(c1nc2cccc(Cl)c2c(=O)n1CCCNC(=O)O)C1CC1. The molecule has 1 atom stereocenters. The number of benzene rings is 1. The number of nitrogens with two attached hydrogens (primary N) is 1. The number of hydrogen-bond donors (Lipinski definition) is 4. The van der Waals surface area contributed by atoms with Gasteiger partial charge in [-0.3, -0.25) is 9.36 Å². The average Bonchev–Trinajstić information content (AvgIpc) is 3.61. The first-order valence-electron chi connectivity index (χ1n) is 10.3. The minimum atomic E-state index is -1.13. The van der Waals surface area contributed by atoms with Crippen molar-refractivity contribution < 1.29 is 9.90 Å². The van der Waals surface area contributed by atoms with Crippen molar-refractivity contribution in [2.45, 2.75) is 31.8 Å². The van der Waals surface area contributed by atoms with E-state index < -0.39 is 12.1 Å². The summed E-state index contributed by atoms with van der Waals surface area (Å²) in [5, 5.41) is 24.5. The van der Waals surface area contributed by atoms with Crippen molar-refractivity contribution in [2.75, 3.05) is 17.6 Å². The molecule has 0 radical (unpaired) electrons. The molecule has 1 unspecified atom stereocenters. The summed E-state index contributed by atoms with van der Waals surface area (Å²) in [6, 6.07) is 6.66. The van der Waals surface area contributed by atoms with Gasteiger partial charge in [0.1, 0.15) is 35.4 Å². The Bertz CT molecular complexity index is 1320. The Balaban J connectivity index is 1.80. The zero-order valence-electron chi connectivity index (χ0n) is 17.5. The van der Waals surface area contributed by atoms with Gasteiger partial charge in [-0.2, -0.15) is 5.26 Å². The lowest BCUT2D eigenvalue weighted by Gasteiger charge is -2.23. The van der Waals surface area contributed by atoms with Crippen molar-refractivity contribution in [3.05, 3.63) is 51.3 Å². The highest BCUT2D eigenvalue weighted by Gasteiger charge is 2.36. The molecule has 1 aliphatic rings. The van der Waals surface area contributed by atoms with Crippen LogP contribution in [0.2, 0.25) is 5.02 Å². The molecule has 3 aromatic rings. The summed E-state index contributed by atoms with van der Waals surface area (Å²) < 4.78 is 1.52. The Hall–Kier alpha value is -3.91. The summed E-state index contributed by atoms with van der Waals surface area (Å²) in [5.74, 6) is 0.953. The topological polar surface area (TPSA) is 172 Å². The van der Waals surface area contributed by atoms with E-state index in [0.717, 1.165) is 12.8 Å². The lowest BCUT2D eigenvalue weighted by molar-refractivity contribution is 0.194. The van der Waals surface area contributed by atoms with Crippen molar-refractivity contribution in [1.82, 2.24) is 24.8 Å². The van der Waals surface area contributed by atoms with Gasteiger partial charge in [-0.25, -0.2) is 19.7 Å². The predicted octanol–water partition coefficient (Wildman–Crippen LogP) is 2.51. The Morgan fingerprint density at radius 1 is 1.39 bits per heavy atom. The van der Waals surface area contributed by atoms with Crippen LogP contribution in [0.5, 0.6) is 0 Å². The maximum atomic E-state index is 13.5. The highest BCUT2D eigenvalue weighted by Crippen LogP contribution is 2.42. The molecule has 0 saturated heterocycles. The van der Waals surface area contributed by atoms with Crippen molar-refractivity contribution in [3.8, 4) is 6.07 Å². The number of nitrogens with zero attached hydrogens (tertiary/aromatic N) is 5. The number of fused-ring (bicyclic) bond motifs is 1. The van der Waals surface area contributed by atoms with Crippen LogP contribution in [-0.4, -0.2) is 37.3 Å². The highest BCUT2D eigenvalue weighted by molar-refractivity contribution is 6.35. The van der Waals surface area contributed by atoms with E-state index in [1.54, 1.807) is 18.2 Å². The quantitative estimate of drug-likeness (QED) is 0.362. The second kappa shape index (κ2) is 9.30. The third kappa shape index (κ3) is 4.65. The molecule has 1 fully saturated rings. The second-order valence-electron chi connectivity index (χ2n) is 7.70. The number of nitriles is 1.